The highest BCUT2D eigenvalue weighted by Gasteiger charge is 2.22. The number of hydrogen-bond donors (Lipinski definition) is 0. The van der Waals surface area contributed by atoms with Gasteiger partial charge < -0.3 is 4.74 Å². The highest BCUT2D eigenvalue weighted by Crippen LogP contribution is 2.24. The van der Waals surface area contributed by atoms with Gasteiger partial charge in [0.05, 0.1) is 13.2 Å². The second kappa shape index (κ2) is 6.21. The van der Waals surface area contributed by atoms with Gasteiger partial charge in [-0.3, -0.25) is 4.90 Å². The van der Waals surface area contributed by atoms with Gasteiger partial charge >= 0.3 is 0 Å². The van der Waals surface area contributed by atoms with Gasteiger partial charge in [-0.15, -0.1) is 0 Å². The van der Waals surface area contributed by atoms with Crippen molar-refractivity contribution in [3.8, 4) is 11.8 Å². The average molecular weight is 311 g/mol. The van der Waals surface area contributed by atoms with E-state index in [2.05, 4.69) is 28.1 Å². The Balaban J connectivity index is 2.75. The fraction of sp³-hybridized carbons (Fsp3) is 0.500. The molecule has 0 aromatic heterocycles. The van der Waals surface area contributed by atoms with Crippen LogP contribution in [0.25, 0.3) is 0 Å². The highest BCUT2D eigenvalue weighted by atomic mass is 79.9. The minimum Gasteiger partial charge on any atom is -0.496 e. The predicted molar refractivity (Wildman–Crippen MR) is 76.7 cm³/mol. The third kappa shape index (κ3) is 3.72. The van der Waals surface area contributed by atoms with Crippen LogP contribution >= 0.6 is 15.9 Å². The van der Waals surface area contributed by atoms with E-state index in [1.165, 1.54) is 0 Å². The number of nitrogens with zero attached hydrogens (tertiary/aromatic N) is 2. The Bertz CT molecular complexity index is 452. The van der Waals surface area contributed by atoms with Gasteiger partial charge in [-0.2, -0.15) is 5.26 Å². The third-order valence-electron chi connectivity index (χ3n) is 3.19. The molecule has 0 atom stereocenters. The summed E-state index contributed by atoms with van der Waals surface area (Å²) in [6, 6.07) is 8.28. The quantitative estimate of drug-likeness (QED) is 0.837. The summed E-state index contributed by atoms with van der Waals surface area (Å²) in [5.74, 6) is 0.890. The summed E-state index contributed by atoms with van der Waals surface area (Å²) >= 11 is 3.46. The van der Waals surface area contributed by atoms with E-state index in [1.54, 1.807) is 7.11 Å². The van der Waals surface area contributed by atoms with Crippen molar-refractivity contribution in [2.45, 2.75) is 25.8 Å². The van der Waals surface area contributed by atoms with Crippen LogP contribution in [0.4, 0.5) is 0 Å². The minimum atomic E-state index is -0.445. The number of rotatable bonds is 5. The van der Waals surface area contributed by atoms with Crippen LogP contribution < -0.4 is 4.74 Å². The SMILES string of the molecule is COc1ccc(Br)cc1CCN(C)C(C)(C)C#N. The van der Waals surface area contributed by atoms with Crippen LogP contribution in [0, 0.1) is 11.3 Å². The molecule has 0 saturated carbocycles. The van der Waals surface area contributed by atoms with E-state index in [4.69, 9.17) is 10.00 Å². The Hall–Kier alpha value is -1.05. The molecular weight excluding hydrogens is 292 g/mol. The predicted octanol–water partition coefficient (Wildman–Crippen LogP) is 3.23. The molecule has 0 N–H and O–H groups in total. The summed E-state index contributed by atoms with van der Waals surface area (Å²) in [7, 11) is 3.64. The summed E-state index contributed by atoms with van der Waals surface area (Å²) in [6.07, 6.45) is 0.851. The van der Waals surface area contributed by atoms with Crippen molar-refractivity contribution < 1.29 is 4.74 Å². The lowest BCUT2D eigenvalue weighted by Gasteiger charge is -2.29. The van der Waals surface area contributed by atoms with Crippen LogP contribution in [-0.2, 0) is 6.42 Å². The van der Waals surface area contributed by atoms with Crippen molar-refractivity contribution in [2.75, 3.05) is 20.7 Å². The van der Waals surface area contributed by atoms with Crippen LogP contribution in [0.2, 0.25) is 0 Å². The van der Waals surface area contributed by atoms with E-state index in [9.17, 15) is 0 Å². The van der Waals surface area contributed by atoms with E-state index in [0.717, 1.165) is 28.8 Å². The lowest BCUT2D eigenvalue weighted by Crippen LogP contribution is -2.40. The van der Waals surface area contributed by atoms with E-state index in [0.29, 0.717) is 0 Å². The first-order valence-electron chi connectivity index (χ1n) is 5.85. The standard InChI is InChI=1S/C14H19BrN2O/c1-14(2,10-16)17(3)8-7-11-9-12(15)5-6-13(11)18-4/h5-6,9H,7-8H2,1-4H3. The second-order valence-electron chi connectivity index (χ2n) is 4.80. The van der Waals surface area contributed by atoms with Gasteiger partial charge in [-0.25, -0.2) is 0 Å². The number of likely N-dealkylation sites (N-methyl/N-ethyl adjacent to an activating group) is 1. The maximum Gasteiger partial charge on any atom is 0.122 e. The number of methoxy groups -OCH3 is 1. The summed E-state index contributed by atoms with van der Waals surface area (Å²) in [6.45, 7) is 4.66. The Morgan fingerprint density at radius 1 is 1.44 bits per heavy atom. The van der Waals surface area contributed by atoms with Crippen molar-refractivity contribution in [1.82, 2.24) is 4.90 Å². The molecule has 0 saturated heterocycles. The number of benzene rings is 1. The summed E-state index contributed by atoms with van der Waals surface area (Å²) in [5.41, 5.74) is 0.701. The van der Waals surface area contributed by atoms with Gasteiger partial charge in [-0.05, 0) is 51.1 Å². The maximum atomic E-state index is 9.08. The van der Waals surface area contributed by atoms with Crippen LogP contribution in [0.1, 0.15) is 19.4 Å². The highest BCUT2D eigenvalue weighted by molar-refractivity contribution is 9.10. The number of ether oxygens (including phenoxy) is 1. The van der Waals surface area contributed by atoms with E-state index < -0.39 is 5.54 Å². The number of hydrogen-bond acceptors (Lipinski definition) is 3. The Kier molecular flexibility index (Phi) is 5.18. The molecule has 0 fully saturated rings. The molecule has 0 aliphatic rings. The zero-order chi connectivity index (χ0) is 13.8. The normalized spacial score (nSPS) is 11.4. The van der Waals surface area contributed by atoms with Gasteiger partial charge in [-0.1, -0.05) is 15.9 Å². The third-order valence-corrected chi connectivity index (χ3v) is 3.68. The molecule has 0 unspecified atom stereocenters. The fourth-order valence-electron chi connectivity index (χ4n) is 1.60. The first-order chi connectivity index (χ1) is 8.40. The molecule has 0 aliphatic carbocycles. The first kappa shape index (κ1) is 15.0. The molecular formula is C14H19BrN2O. The largest absolute Gasteiger partial charge is 0.496 e. The smallest absolute Gasteiger partial charge is 0.122 e. The topological polar surface area (TPSA) is 36.3 Å². The lowest BCUT2D eigenvalue weighted by molar-refractivity contribution is 0.213. The molecule has 1 aromatic carbocycles. The molecule has 1 rings (SSSR count). The summed E-state index contributed by atoms with van der Waals surface area (Å²) in [4.78, 5) is 2.05. The molecule has 1 aromatic rings. The lowest BCUT2D eigenvalue weighted by atomic mass is 10.0. The van der Waals surface area contributed by atoms with E-state index >= 15 is 0 Å². The fourth-order valence-corrected chi connectivity index (χ4v) is 2.00. The summed E-state index contributed by atoms with van der Waals surface area (Å²) < 4.78 is 6.38. The first-order valence-corrected chi connectivity index (χ1v) is 6.65. The molecule has 0 aliphatic heterocycles. The maximum absolute atomic E-state index is 9.08. The molecule has 0 radical (unpaired) electrons. The zero-order valence-electron chi connectivity index (χ0n) is 11.3. The van der Waals surface area contributed by atoms with Gasteiger partial charge in [0.25, 0.3) is 0 Å². The molecule has 0 heterocycles. The van der Waals surface area contributed by atoms with Crippen molar-refractivity contribution in [3.63, 3.8) is 0 Å². The molecule has 3 nitrogen and oxygen atoms in total. The van der Waals surface area contributed by atoms with Gasteiger partial charge in [0.1, 0.15) is 11.3 Å². The van der Waals surface area contributed by atoms with Gasteiger partial charge in [0, 0.05) is 11.0 Å². The number of halogens is 1. The molecule has 98 valence electrons. The average Bonchev–Trinajstić information content (AvgIpc) is 2.36. The molecule has 0 amide bonds. The van der Waals surface area contributed by atoms with Crippen molar-refractivity contribution in [3.05, 3.63) is 28.2 Å². The molecule has 4 heteroatoms. The van der Waals surface area contributed by atoms with Crippen molar-refractivity contribution >= 4 is 15.9 Å². The van der Waals surface area contributed by atoms with Crippen LogP contribution in [0.5, 0.6) is 5.75 Å². The monoisotopic (exact) mass is 310 g/mol. The zero-order valence-corrected chi connectivity index (χ0v) is 12.9. The van der Waals surface area contributed by atoms with Gasteiger partial charge in [0.15, 0.2) is 0 Å². The van der Waals surface area contributed by atoms with E-state index in [1.807, 2.05) is 37.9 Å². The molecule has 0 spiro atoms. The van der Waals surface area contributed by atoms with Crippen molar-refractivity contribution in [2.24, 2.45) is 0 Å². The van der Waals surface area contributed by atoms with Crippen LogP contribution in [0.15, 0.2) is 22.7 Å². The minimum absolute atomic E-state index is 0.445. The summed E-state index contributed by atoms with van der Waals surface area (Å²) in [5, 5.41) is 9.08. The Morgan fingerprint density at radius 3 is 2.67 bits per heavy atom. The second-order valence-corrected chi connectivity index (χ2v) is 5.71. The van der Waals surface area contributed by atoms with Crippen LogP contribution in [-0.4, -0.2) is 31.1 Å². The van der Waals surface area contributed by atoms with Crippen LogP contribution in [0.3, 0.4) is 0 Å². The Labute approximate surface area is 117 Å². The molecule has 18 heavy (non-hydrogen) atoms. The van der Waals surface area contributed by atoms with Gasteiger partial charge in [0.2, 0.25) is 0 Å². The van der Waals surface area contributed by atoms with E-state index in [-0.39, 0.29) is 0 Å². The molecule has 0 bridgehead atoms. The Morgan fingerprint density at radius 2 is 2.11 bits per heavy atom. The van der Waals surface area contributed by atoms with Crippen molar-refractivity contribution in [1.29, 1.82) is 5.26 Å². The number of nitriles is 1.